The Labute approximate surface area is 172 Å². The first-order chi connectivity index (χ1) is 14.1. The third kappa shape index (κ3) is 5.72. The van der Waals surface area contributed by atoms with E-state index in [1.165, 1.54) is 4.90 Å². The fourth-order valence-corrected chi connectivity index (χ4v) is 3.35. The van der Waals surface area contributed by atoms with Crippen molar-refractivity contribution < 1.29 is 14.3 Å². The van der Waals surface area contributed by atoms with Crippen molar-refractivity contribution in [2.24, 2.45) is 0 Å². The molecule has 0 bridgehead atoms. The van der Waals surface area contributed by atoms with Crippen molar-refractivity contribution in [1.82, 2.24) is 9.80 Å². The molecule has 3 rings (SSSR count). The fourth-order valence-electron chi connectivity index (χ4n) is 3.35. The summed E-state index contributed by atoms with van der Waals surface area (Å²) < 4.78 is 11.4. The van der Waals surface area contributed by atoms with Crippen molar-refractivity contribution in [3.8, 4) is 22.9 Å². The second-order valence-electron chi connectivity index (χ2n) is 7.33. The molecule has 2 aromatic carbocycles. The van der Waals surface area contributed by atoms with Gasteiger partial charge >= 0.3 is 6.09 Å². The Morgan fingerprint density at radius 3 is 2.41 bits per heavy atom. The van der Waals surface area contributed by atoms with Gasteiger partial charge < -0.3 is 14.4 Å². The van der Waals surface area contributed by atoms with Gasteiger partial charge in [-0.2, -0.15) is 5.26 Å². The quantitative estimate of drug-likeness (QED) is 0.662. The Balaban J connectivity index is 1.43. The van der Waals surface area contributed by atoms with E-state index in [2.05, 4.69) is 11.0 Å². The average molecular weight is 393 g/mol. The molecular weight excluding hydrogens is 366 g/mol. The number of hydrogen-bond acceptors (Lipinski definition) is 5. The Morgan fingerprint density at radius 2 is 1.79 bits per heavy atom. The summed E-state index contributed by atoms with van der Waals surface area (Å²) in [6.07, 6.45) is 2.38. The lowest BCUT2D eigenvalue weighted by atomic mass is 10.0. The lowest BCUT2D eigenvalue weighted by molar-refractivity contribution is -0.000996. The first-order valence-electron chi connectivity index (χ1n) is 9.92. The van der Waals surface area contributed by atoms with Crippen LogP contribution < -0.4 is 4.74 Å². The highest BCUT2D eigenvalue weighted by Crippen LogP contribution is 2.23. The second kappa shape index (κ2) is 9.94. The Morgan fingerprint density at radius 1 is 1.14 bits per heavy atom. The standard InChI is InChI=1S/C23H27N3O3/c1-25(2)23(27)29-22-5-3-14-26(22)15-4-16-28-21-12-10-20(11-13-21)19-8-6-18(17-24)7-9-19/h6-13,22H,3-5,14-16H2,1-2H3. The minimum atomic E-state index is -0.291. The zero-order valence-corrected chi connectivity index (χ0v) is 17.0. The summed E-state index contributed by atoms with van der Waals surface area (Å²) in [5.41, 5.74) is 2.82. The van der Waals surface area contributed by atoms with Crippen LogP contribution in [-0.4, -0.2) is 55.9 Å². The fraction of sp³-hybridized carbons (Fsp3) is 0.391. The highest BCUT2D eigenvalue weighted by Gasteiger charge is 2.27. The molecule has 1 amide bonds. The molecule has 152 valence electrons. The monoisotopic (exact) mass is 393 g/mol. The lowest BCUT2D eigenvalue weighted by Crippen LogP contribution is -2.37. The van der Waals surface area contributed by atoms with E-state index in [9.17, 15) is 4.79 Å². The molecule has 0 radical (unpaired) electrons. The molecule has 2 aromatic rings. The molecule has 29 heavy (non-hydrogen) atoms. The van der Waals surface area contributed by atoms with E-state index < -0.39 is 0 Å². The molecule has 0 saturated carbocycles. The third-order valence-corrected chi connectivity index (χ3v) is 4.97. The maximum atomic E-state index is 11.8. The molecule has 1 unspecified atom stereocenters. The summed E-state index contributed by atoms with van der Waals surface area (Å²) in [6.45, 7) is 2.40. The Kier molecular flexibility index (Phi) is 7.09. The van der Waals surface area contributed by atoms with Crippen molar-refractivity contribution >= 4 is 6.09 Å². The summed E-state index contributed by atoms with van der Waals surface area (Å²) in [6, 6.07) is 17.6. The van der Waals surface area contributed by atoms with Crippen molar-refractivity contribution in [3.05, 3.63) is 54.1 Å². The summed E-state index contributed by atoms with van der Waals surface area (Å²) in [7, 11) is 3.39. The molecule has 1 atom stereocenters. The van der Waals surface area contributed by atoms with Crippen LogP contribution in [0.1, 0.15) is 24.8 Å². The molecular formula is C23H27N3O3. The Hall–Kier alpha value is -3.04. The predicted octanol–water partition coefficient (Wildman–Crippen LogP) is 4.11. The van der Waals surface area contributed by atoms with Crippen LogP contribution in [-0.2, 0) is 4.74 Å². The third-order valence-electron chi connectivity index (χ3n) is 4.97. The molecule has 1 fully saturated rings. The molecule has 0 aromatic heterocycles. The van der Waals surface area contributed by atoms with E-state index in [0.29, 0.717) is 12.2 Å². The van der Waals surface area contributed by atoms with Crippen LogP contribution in [0.15, 0.2) is 48.5 Å². The predicted molar refractivity (Wildman–Crippen MR) is 111 cm³/mol. The van der Waals surface area contributed by atoms with Crippen LogP contribution in [0, 0.1) is 11.3 Å². The highest BCUT2D eigenvalue weighted by molar-refractivity contribution is 5.67. The van der Waals surface area contributed by atoms with Crippen LogP contribution in [0.25, 0.3) is 11.1 Å². The van der Waals surface area contributed by atoms with Gasteiger partial charge in [0.15, 0.2) is 6.23 Å². The number of nitrogens with zero attached hydrogens (tertiary/aromatic N) is 3. The van der Waals surface area contributed by atoms with Gasteiger partial charge in [-0.3, -0.25) is 4.90 Å². The van der Waals surface area contributed by atoms with Crippen LogP contribution in [0.3, 0.4) is 0 Å². The number of carbonyl (C=O) groups excluding carboxylic acids is 1. The van der Waals surface area contributed by atoms with E-state index in [1.807, 2.05) is 48.5 Å². The molecule has 0 N–H and O–H groups in total. The number of hydrogen-bond donors (Lipinski definition) is 0. The van der Waals surface area contributed by atoms with E-state index >= 15 is 0 Å². The summed E-state index contributed by atoms with van der Waals surface area (Å²) in [5, 5.41) is 8.89. The zero-order chi connectivity index (χ0) is 20.6. The van der Waals surface area contributed by atoms with E-state index in [4.69, 9.17) is 14.7 Å². The molecule has 1 saturated heterocycles. The number of nitriles is 1. The number of amides is 1. The van der Waals surface area contributed by atoms with Crippen molar-refractivity contribution in [1.29, 1.82) is 5.26 Å². The maximum Gasteiger partial charge on any atom is 0.410 e. The zero-order valence-electron chi connectivity index (χ0n) is 17.0. The molecule has 0 aliphatic carbocycles. The van der Waals surface area contributed by atoms with Gasteiger partial charge in [0.25, 0.3) is 0 Å². The van der Waals surface area contributed by atoms with E-state index in [-0.39, 0.29) is 12.3 Å². The first kappa shape index (κ1) is 20.7. The molecule has 1 aliphatic rings. The van der Waals surface area contributed by atoms with Gasteiger partial charge in [-0.25, -0.2) is 4.79 Å². The van der Waals surface area contributed by atoms with Gasteiger partial charge in [0.05, 0.1) is 18.2 Å². The van der Waals surface area contributed by atoms with Gasteiger partial charge in [-0.1, -0.05) is 24.3 Å². The molecule has 0 spiro atoms. The number of rotatable bonds is 7. The smallest absolute Gasteiger partial charge is 0.410 e. The summed E-state index contributed by atoms with van der Waals surface area (Å²) >= 11 is 0. The molecule has 6 nitrogen and oxygen atoms in total. The van der Waals surface area contributed by atoms with Gasteiger partial charge in [-0.05, 0) is 54.7 Å². The molecule has 6 heteroatoms. The number of likely N-dealkylation sites (tertiary alicyclic amines) is 1. The Bertz CT molecular complexity index is 841. The van der Waals surface area contributed by atoms with Gasteiger partial charge in [0.2, 0.25) is 0 Å². The van der Waals surface area contributed by atoms with Crippen molar-refractivity contribution in [2.75, 3.05) is 33.8 Å². The number of ether oxygens (including phenoxy) is 2. The SMILES string of the molecule is CN(C)C(=O)OC1CCCN1CCCOc1ccc(-c2ccc(C#N)cc2)cc1. The number of benzene rings is 2. The van der Waals surface area contributed by atoms with Crippen LogP contribution >= 0.6 is 0 Å². The molecule has 1 heterocycles. The second-order valence-corrected chi connectivity index (χ2v) is 7.33. The van der Waals surface area contributed by atoms with E-state index in [1.54, 1.807) is 14.1 Å². The van der Waals surface area contributed by atoms with E-state index in [0.717, 1.165) is 49.2 Å². The topological polar surface area (TPSA) is 65.8 Å². The van der Waals surface area contributed by atoms with Gasteiger partial charge in [0, 0.05) is 27.2 Å². The van der Waals surface area contributed by atoms with Gasteiger partial charge in [0.1, 0.15) is 5.75 Å². The largest absolute Gasteiger partial charge is 0.494 e. The number of carbonyl (C=O) groups is 1. The highest BCUT2D eigenvalue weighted by atomic mass is 16.6. The van der Waals surface area contributed by atoms with Crippen LogP contribution in [0.2, 0.25) is 0 Å². The minimum absolute atomic E-state index is 0.128. The minimum Gasteiger partial charge on any atom is -0.494 e. The summed E-state index contributed by atoms with van der Waals surface area (Å²) in [5.74, 6) is 0.833. The van der Waals surface area contributed by atoms with Crippen molar-refractivity contribution in [2.45, 2.75) is 25.5 Å². The maximum absolute atomic E-state index is 11.8. The van der Waals surface area contributed by atoms with Gasteiger partial charge in [-0.15, -0.1) is 0 Å². The normalized spacial score (nSPS) is 16.2. The summed E-state index contributed by atoms with van der Waals surface area (Å²) in [4.78, 5) is 15.4. The van der Waals surface area contributed by atoms with Crippen LogP contribution in [0.4, 0.5) is 4.79 Å². The molecule has 1 aliphatic heterocycles. The lowest BCUT2D eigenvalue weighted by Gasteiger charge is -2.25. The first-order valence-corrected chi connectivity index (χ1v) is 9.92. The van der Waals surface area contributed by atoms with Crippen LogP contribution in [0.5, 0.6) is 5.75 Å². The average Bonchev–Trinajstić information content (AvgIpc) is 3.18. The van der Waals surface area contributed by atoms with Crippen molar-refractivity contribution in [3.63, 3.8) is 0 Å².